The maximum atomic E-state index is 15.4. The summed E-state index contributed by atoms with van der Waals surface area (Å²) in [5.41, 5.74) is 4.78. The lowest BCUT2D eigenvalue weighted by Crippen LogP contribution is -2.26. The first-order valence-electron chi connectivity index (χ1n) is 18.2. The number of aldehydes is 1. The minimum absolute atomic E-state index is 0.0737. The van der Waals surface area contributed by atoms with Gasteiger partial charge >= 0.3 is 5.97 Å². The highest BCUT2D eigenvalue weighted by atomic mass is 19.1. The number of carbonyl (C=O) groups excluding carboxylic acids is 2. The van der Waals surface area contributed by atoms with Crippen LogP contribution in [0.4, 0.5) is 4.39 Å². The van der Waals surface area contributed by atoms with Gasteiger partial charge in [0.2, 0.25) is 0 Å². The van der Waals surface area contributed by atoms with Crippen LogP contribution < -0.4 is 0 Å². The molecule has 0 aliphatic heterocycles. The first-order valence-corrected chi connectivity index (χ1v) is 18.2. The van der Waals surface area contributed by atoms with Crippen LogP contribution in [0.1, 0.15) is 120 Å². The number of aliphatic hydroxyl groups is 1. The number of esters is 1. The minimum atomic E-state index is -0.542. The van der Waals surface area contributed by atoms with Crippen LogP contribution in [-0.4, -0.2) is 44.3 Å². The van der Waals surface area contributed by atoms with Crippen molar-refractivity contribution in [3.8, 4) is 11.1 Å². The second-order valence-electron chi connectivity index (χ2n) is 14.1. The molecule has 0 bridgehead atoms. The minimum Gasteiger partial charge on any atom is -0.462 e. The lowest BCUT2D eigenvalue weighted by atomic mass is 9.73. The van der Waals surface area contributed by atoms with Crippen LogP contribution >= 0.6 is 0 Å². The van der Waals surface area contributed by atoms with Gasteiger partial charge in [-0.25, -0.2) is 9.18 Å². The van der Waals surface area contributed by atoms with Crippen molar-refractivity contribution in [2.24, 2.45) is 17.8 Å². The second-order valence-corrected chi connectivity index (χ2v) is 14.1. The Bertz CT molecular complexity index is 1290. The van der Waals surface area contributed by atoms with Crippen LogP contribution in [0.2, 0.25) is 0 Å². The van der Waals surface area contributed by atoms with E-state index in [2.05, 4.69) is 50.4 Å². The molecule has 2 aliphatic carbocycles. The predicted octanol–water partition coefficient (Wildman–Crippen LogP) is 10.1. The molecule has 0 radical (unpaired) electrons. The monoisotopic (exact) mass is 662 g/mol. The molecule has 5 nitrogen and oxygen atoms in total. The van der Waals surface area contributed by atoms with E-state index in [9.17, 15) is 9.59 Å². The highest BCUT2D eigenvalue weighted by Gasteiger charge is 2.29. The molecule has 0 saturated heterocycles. The third-order valence-electron chi connectivity index (χ3n) is 10.4. The normalized spacial score (nSPS) is 21.4. The number of hydrogen-bond acceptors (Lipinski definition) is 5. The largest absolute Gasteiger partial charge is 0.462 e. The number of methoxy groups -OCH3 is 1. The van der Waals surface area contributed by atoms with Crippen molar-refractivity contribution in [1.82, 2.24) is 0 Å². The summed E-state index contributed by atoms with van der Waals surface area (Å²) in [6.07, 6.45) is 16.2. The molecular weight excluding hydrogens is 603 g/mol. The number of carbonyl (C=O) groups is 2. The molecule has 0 spiro atoms. The van der Waals surface area contributed by atoms with Gasteiger partial charge in [0.15, 0.2) is 0 Å². The SMILES string of the molecule is C=C(C)C=O.C=C(CO)C(=O)OCCC(COC)C1CCC(c2ccc(-c3ccc(C4CCC(CCCCC)CC4)cc3)c(F)c2)CC1. The second kappa shape index (κ2) is 21.1. The number of unbranched alkanes of at least 4 members (excludes halogenated alkanes) is 2. The van der Waals surface area contributed by atoms with E-state index in [4.69, 9.17) is 14.6 Å². The molecule has 2 aliphatic rings. The molecule has 6 heteroatoms. The zero-order chi connectivity index (χ0) is 34.9. The van der Waals surface area contributed by atoms with Gasteiger partial charge in [0.25, 0.3) is 0 Å². The van der Waals surface area contributed by atoms with Gasteiger partial charge < -0.3 is 14.6 Å². The molecule has 0 heterocycles. The summed E-state index contributed by atoms with van der Waals surface area (Å²) in [5, 5.41) is 9.05. The van der Waals surface area contributed by atoms with Crippen molar-refractivity contribution in [3.05, 3.63) is 83.7 Å². The molecule has 2 fully saturated rings. The maximum Gasteiger partial charge on any atom is 0.335 e. The molecule has 2 aromatic carbocycles. The van der Waals surface area contributed by atoms with Crippen LogP contribution in [0.25, 0.3) is 11.1 Å². The maximum absolute atomic E-state index is 15.4. The Morgan fingerprint density at radius 3 is 2.12 bits per heavy atom. The number of hydrogen-bond donors (Lipinski definition) is 1. The fraction of sp³-hybridized carbons (Fsp3) is 0.571. The van der Waals surface area contributed by atoms with Crippen LogP contribution in [0, 0.1) is 23.6 Å². The highest BCUT2D eigenvalue weighted by molar-refractivity contribution is 5.87. The van der Waals surface area contributed by atoms with Crippen LogP contribution in [0.5, 0.6) is 0 Å². The van der Waals surface area contributed by atoms with E-state index in [1.54, 1.807) is 20.1 Å². The average molecular weight is 663 g/mol. The summed E-state index contributed by atoms with van der Waals surface area (Å²) in [6, 6.07) is 14.5. The Kier molecular flexibility index (Phi) is 17.3. The highest BCUT2D eigenvalue weighted by Crippen LogP contribution is 2.41. The van der Waals surface area contributed by atoms with Gasteiger partial charge in [-0.1, -0.05) is 82.2 Å². The molecule has 0 amide bonds. The number of aliphatic hydroxyl groups excluding tert-OH is 1. The lowest BCUT2D eigenvalue weighted by molar-refractivity contribution is -0.140. The molecule has 2 saturated carbocycles. The lowest BCUT2D eigenvalue weighted by Gasteiger charge is -2.34. The van der Waals surface area contributed by atoms with Crippen molar-refractivity contribution in [3.63, 3.8) is 0 Å². The number of allylic oxidation sites excluding steroid dienone is 1. The number of ether oxygens (including phenoxy) is 2. The van der Waals surface area contributed by atoms with Gasteiger partial charge in [-0.3, -0.25) is 4.79 Å². The molecular formula is C42H59FO5. The predicted molar refractivity (Wildman–Crippen MR) is 193 cm³/mol. The molecule has 0 aromatic heterocycles. The van der Waals surface area contributed by atoms with Crippen molar-refractivity contribution in [2.45, 2.75) is 109 Å². The van der Waals surface area contributed by atoms with E-state index in [1.165, 1.54) is 56.9 Å². The Morgan fingerprint density at radius 1 is 0.958 bits per heavy atom. The first kappa shape index (κ1) is 39.3. The van der Waals surface area contributed by atoms with Gasteiger partial charge in [0.05, 0.1) is 18.8 Å². The summed E-state index contributed by atoms with van der Waals surface area (Å²) in [6.45, 7) is 11.3. The molecule has 2 aromatic rings. The van der Waals surface area contributed by atoms with Gasteiger partial charge in [0, 0.05) is 19.3 Å². The van der Waals surface area contributed by atoms with E-state index in [1.807, 2.05) is 6.07 Å². The Labute approximate surface area is 289 Å². The zero-order valence-electron chi connectivity index (χ0n) is 29.7. The number of rotatable bonds is 16. The van der Waals surface area contributed by atoms with E-state index >= 15 is 4.39 Å². The zero-order valence-corrected chi connectivity index (χ0v) is 29.7. The fourth-order valence-corrected chi connectivity index (χ4v) is 7.48. The molecule has 1 atom stereocenters. The summed E-state index contributed by atoms with van der Waals surface area (Å²) in [7, 11) is 1.70. The summed E-state index contributed by atoms with van der Waals surface area (Å²) in [5.74, 6) is 2.00. The van der Waals surface area contributed by atoms with Gasteiger partial charge in [-0.05, 0) is 123 Å². The van der Waals surface area contributed by atoms with Crippen molar-refractivity contribution < 1.29 is 28.6 Å². The summed E-state index contributed by atoms with van der Waals surface area (Å²) >= 11 is 0. The first-order chi connectivity index (χ1) is 23.2. The fourth-order valence-electron chi connectivity index (χ4n) is 7.48. The average Bonchev–Trinajstić information content (AvgIpc) is 3.11. The quantitative estimate of drug-likeness (QED) is 0.0838. The number of benzene rings is 2. The Morgan fingerprint density at radius 2 is 1.56 bits per heavy atom. The van der Waals surface area contributed by atoms with E-state index < -0.39 is 12.6 Å². The van der Waals surface area contributed by atoms with E-state index in [-0.39, 0.29) is 11.4 Å². The topological polar surface area (TPSA) is 72.8 Å². The third-order valence-corrected chi connectivity index (χ3v) is 10.4. The van der Waals surface area contributed by atoms with Crippen LogP contribution in [0.3, 0.4) is 0 Å². The van der Waals surface area contributed by atoms with Gasteiger partial charge in [-0.15, -0.1) is 0 Å². The van der Waals surface area contributed by atoms with E-state index in [0.717, 1.165) is 55.4 Å². The van der Waals surface area contributed by atoms with Crippen LogP contribution in [0.15, 0.2) is 66.8 Å². The third kappa shape index (κ3) is 12.4. The molecule has 48 heavy (non-hydrogen) atoms. The van der Waals surface area contributed by atoms with Crippen molar-refractivity contribution in [1.29, 1.82) is 0 Å². The van der Waals surface area contributed by atoms with Crippen molar-refractivity contribution in [2.75, 3.05) is 26.9 Å². The van der Waals surface area contributed by atoms with Gasteiger partial charge in [-0.2, -0.15) is 0 Å². The standard InChI is InChI=1S/C38H53FO4.C4H6O/c1-4-5-6-7-28-8-10-29(11-9-28)30-16-18-33(19-17-30)36-21-20-34(24-37(36)39)31-12-14-32(15-13-31)35(26-42-3)22-23-43-38(41)27(2)25-40;1-4(2)3-5/h16-21,24,28-29,31-32,35,40H,2,4-15,22-23,25-26H2,1,3H3;3H,1H2,2H3. The van der Waals surface area contributed by atoms with Crippen LogP contribution in [-0.2, 0) is 19.1 Å². The molecule has 1 N–H and O–H groups in total. The molecule has 1 unspecified atom stereocenters. The van der Waals surface area contributed by atoms with Crippen molar-refractivity contribution >= 4 is 12.3 Å². The molecule has 264 valence electrons. The van der Waals surface area contributed by atoms with Gasteiger partial charge in [0.1, 0.15) is 12.1 Å². The summed E-state index contributed by atoms with van der Waals surface area (Å²) in [4.78, 5) is 21.2. The Hall–Kier alpha value is -3.09. The Balaban J connectivity index is 0.00000116. The molecule has 4 rings (SSSR count). The van der Waals surface area contributed by atoms with E-state index in [0.29, 0.717) is 48.0 Å². The summed E-state index contributed by atoms with van der Waals surface area (Å²) < 4.78 is 26.2. The number of halogens is 1. The smallest absolute Gasteiger partial charge is 0.335 e.